The fourth-order valence-electron chi connectivity index (χ4n) is 3.40. The molecule has 0 saturated carbocycles. The quantitative estimate of drug-likeness (QED) is 0.361. The van der Waals surface area contributed by atoms with E-state index >= 15 is 0 Å². The number of aliphatic hydroxyl groups is 1. The summed E-state index contributed by atoms with van der Waals surface area (Å²) in [5.74, 6) is 1.82. The van der Waals surface area contributed by atoms with Gasteiger partial charge >= 0.3 is 0 Å². The van der Waals surface area contributed by atoms with Crippen molar-refractivity contribution >= 4 is 64.7 Å². The van der Waals surface area contributed by atoms with E-state index in [0.717, 1.165) is 11.5 Å². The standard InChI is InChI=1S/C18H30N5O5PS3Si/c1-18(2,3)33(4,5)26-8-10-13(28-29(30)31-6-7-32-29)12(24)16(27-10)23-9-20-11-14(23)21-17(19)22-15(11)25/h9-10,12-13,16,24H,6-8H2,1-5H3,(H3,19,21,22,25)/t10-,12-,13-,16-/m1/s1. The van der Waals surface area contributed by atoms with E-state index in [0.29, 0.717) is 0 Å². The third kappa shape index (κ3) is 5.10. The number of aliphatic hydroxyl groups excluding tert-OH is 1. The predicted molar refractivity (Wildman–Crippen MR) is 140 cm³/mol. The Morgan fingerprint density at radius 3 is 2.73 bits per heavy atom. The molecule has 0 aromatic carbocycles. The zero-order valence-corrected chi connectivity index (χ0v) is 23.5. The Balaban J connectivity index is 1.65. The largest absolute Gasteiger partial charge is 0.414 e. The molecule has 2 aromatic rings. The monoisotopic (exact) mass is 551 g/mol. The van der Waals surface area contributed by atoms with Gasteiger partial charge in [0.1, 0.15) is 18.3 Å². The highest BCUT2D eigenvalue weighted by molar-refractivity contribution is 9.00. The van der Waals surface area contributed by atoms with Crippen LogP contribution in [-0.2, 0) is 25.5 Å². The van der Waals surface area contributed by atoms with E-state index in [1.54, 1.807) is 22.8 Å². The van der Waals surface area contributed by atoms with Gasteiger partial charge in [0.25, 0.3) is 5.56 Å². The molecular formula is C18H30N5O5PS3Si. The number of nitrogens with zero attached hydrogens (tertiary/aromatic N) is 3. The van der Waals surface area contributed by atoms with Crippen LogP contribution in [0.25, 0.3) is 11.2 Å². The molecule has 0 aliphatic carbocycles. The number of rotatable bonds is 6. The Bertz CT molecular complexity index is 1130. The molecular weight excluding hydrogens is 521 g/mol. The second-order valence-corrected chi connectivity index (χ2v) is 25.1. The van der Waals surface area contributed by atoms with Gasteiger partial charge in [-0.3, -0.25) is 14.3 Å². The lowest BCUT2D eigenvalue weighted by Crippen LogP contribution is -2.44. The van der Waals surface area contributed by atoms with Crippen LogP contribution >= 0.6 is 27.4 Å². The van der Waals surface area contributed by atoms with Crippen molar-refractivity contribution in [1.82, 2.24) is 19.5 Å². The molecule has 4 atom stereocenters. The second kappa shape index (κ2) is 9.21. The fourth-order valence-corrected chi connectivity index (χ4v) is 13.7. The zero-order chi connectivity index (χ0) is 24.2. The van der Waals surface area contributed by atoms with Crippen LogP contribution in [-0.4, -0.2) is 69.4 Å². The first-order valence-electron chi connectivity index (χ1n) is 10.6. The van der Waals surface area contributed by atoms with Crippen molar-refractivity contribution < 1.29 is 18.8 Å². The van der Waals surface area contributed by atoms with Crippen molar-refractivity contribution in [3.05, 3.63) is 16.7 Å². The molecule has 0 bridgehead atoms. The van der Waals surface area contributed by atoms with Crippen LogP contribution in [0.15, 0.2) is 11.1 Å². The lowest BCUT2D eigenvalue weighted by atomic mass is 10.1. The molecule has 2 aliphatic heterocycles. The van der Waals surface area contributed by atoms with Gasteiger partial charge in [-0.1, -0.05) is 43.5 Å². The molecule has 0 unspecified atom stereocenters. The lowest BCUT2D eigenvalue weighted by Gasteiger charge is -2.37. The summed E-state index contributed by atoms with van der Waals surface area (Å²) in [7, 11) is -2.07. The molecule has 4 N–H and O–H groups in total. The number of nitrogens with one attached hydrogen (secondary N) is 1. The molecule has 33 heavy (non-hydrogen) atoms. The van der Waals surface area contributed by atoms with Gasteiger partial charge in [-0.05, 0) is 29.9 Å². The summed E-state index contributed by atoms with van der Waals surface area (Å²) in [5, 5.41) is 11.3. The van der Waals surface area contributed by atoms with Crippen LogP contribution in [0.1, 0.15) is 27.0 Å². The molecule has 2 saturated heterocycles. The molecule has 184 valence electrons. The number of aromatic amines is 1. The van der Waals surface area contributed by atoms with Crippen molar-refractivity contribution in [2.24, 2.45) is 0 Å². The van der Waals surface area contributed by atoms with Gasteiger partial charge in [0.2, 0.25) is 5.95 Å². The molecule has 4 heterocycles. The van der Waals surface area contributed by atoms with Crippen LogP contribution in [0.4, 0.5) is 5.95 Å². The van der Waals surface area contributed by atoms with Crippen LogP contribution in [0, 0.1) is 0 Å². The minimum atomic E-state index is -2.19. The third-order valence-electron chi connectivity index (χ3n) is 6.28. The summed E-state index contributed by atoms with van der Waals surface area (Å²) in [5.41, 5.74) is 5.63. The number of nitrogens with two attached hydrogens (primary N) is 1. The first-order chi connectivity index (χ1) is 15.3. The number of aromatic nitrogens is 4. The van der Waals surface area contributed by atoms with Crippen LogP contribution < -0.4 is 11.3 Å². The van der Waals surface area contributed by atoms with Crippen molar-refractivity contribution in [2.45, 2.75) is 63.4 Å². The number of ether oxygens (including phenoxy) is 1. The highest BCUT2D eigenvalue weighted by Gasteiger charge is 2.50. The average molecular weight is 552 g/mol. The van der Waals surface area contributed by atoms with Gasteiger partial charge in [-0.15, -0.1) is 0 Å². The first kappa shape index (κ1) is 25.6. The molecule has 0 amide bonds. The van der Waals surface area contributed by atoms with Crippen LogP contribution in [0.5, 0.6) is 0 Å². The molecule has 0 radical (unpaired) electrons. The van der Waals surface area contributed by atoms with Gasteiger partial charge in [-0.25, -0.2) is 4.98 Å². The average Bonchev–Trinajstić information content (AvgIpc) is 3.39. The first-order valence-corrected chi connectivity index (χ1v) is 19.4. The van der Waals surface area contributed by atoms with Gasteiger partial charge in [0, 0.05) is 11.5 Å². The molecule has 2 aliphatic rings. The fraction of sp³-hybridized carbons (Fsp3) is 0.722. The minimum Gasteiger partial charge on any atom is -0.414 e. The van der Waals surface area contributed by atoms with E-state index in [1.807, 2.05) is 0 Å². The number of hydrogen-bond donors (Lipinski definition) is 3. The number of hydrogen-bond acceptors (Lipinski definition) is 11. The van der Waals surface area contributed by atoms with Crippen molar-refractivity contribution in [2.75, 3.05) is 23.8 Å². The van der Waals surface area contributed by atoms with E-state index in [2.05, 4.69) is 48.8 Å². The van der Waals surface area contributed by atoms with Crippen molar-refractivity contribution in [3.63, 3.8) is 0 Å². The Hall–Kier alpha value is -0.443. The maximum atomic E-state index is 12.2. The smallest absolute Gasteiger partial charge is 0.280 e. The molecule has 15 heteroatoms. The van der Waals surface area contributed by atoms with Gasteiger partial charge in [-0.2, -0.15) is 4.98 Å². The molecule has 0 spiro atoms. The van der Waals surface area contributed by atoms with Gasteiger partial charge < -0.3 is 24.5 Å². The predicted octanol–water partition coefficient (Wildman–Crippen LogP) is 3.07. The lowest BCUT2D eigenvalue weighted by molar-refractivity contribution is -0.0483. The summed E-state index contributed by atoms with van der Waals surface area (Å²) in [4.78, 5) is 23.0. The maximum absolute atomic E-state index is 12.2. The Morgan fingerprint density at radius 2 is 2.09 bits per heavy atom. The number of H-pyrrole nitrogens is 1. The summed E-state index contributed by atoms with van der Waals surface area (Å²) in [6, 6.07) is 0. The maximum Gasteiger partial charge on any atom is 0.280 e. The van der Waals surface area contributed by atoms with Gasteiger partial charge in [0.15, 0.2) is 30.4 Å². The summed E-state index contributed by atoms with van der Waals surface area (Å²) < 4.78 is 18.4. The summed E-state index contributed by atoms with van der Waals surface area (Å²) in [6.45, 7) is 11.1. The van der Waals surface area contributed by atoms with E-state index in [-0.39, 0.29) is 28.8 Å². The summed E-state index contributed by atoms with van der Waals surface area (Å²) >= 11 is 9.08. The Kier molecular flexibility index (Phi) is 7.16. The van der Waals surface area contributed by atoms with Gasteiger partial charge in [0.05, 0.1) is 12.9 Å². The molecule has 4 rings (SSSR count). The molecule has 2 aromatic heterocycles. The van der Waals surface area contributed by atoms with E-state index in [4.69, 9.17) is 31.2 Å². The highest BCUT2D eigenvalue weighted by Crippen LogP contribution is 2.75. The topological polar surface area (TPSA) is 138 Å². The van der Waals surface area contributed by atoms with Crippen LogP contribution in [0.3, 0.4) is 0 Å². The summed E-state index contributed by atoms with van der Waals surface area (Å²) in [6.07, 6.45) is -1.73. The Labute approximate surface area is 206 Å². The number of fused-ring (bicyclic) bond motifs is 1. The number of anilines is 1. The van der Waals surface area contributed by atoms with Crippen molar-refractivity contribution in [3.8, 4) is 0 Å². The van der Waals surface area contributed by atoms with E-state index in [1.165, 1.54) is 10.9 Å². The third-order valence-corrected chi connectivity index (χ3v) is 20.5. The van der Waals surface area contributed by atoms with E-state index < -0.39 is 43.1 Å². The van der Waals surface area contributed by atoms with Crippen molar-refractivity contribution in [1.29, 1.82) is 0 Å². The van der Waals surface area contributed by atoms with Crippen LogP contribution in [0.2, 0.25) is 18.1 Å². The zero-order valence-electron chi connectivity index (χ0n) is 19.2. The molecule has 2 fully saturated rings. The molecule has 10 nitrogen and oxygen atoms in total. The highest BCUT2D eigenvalue weighted by atomic mass is 33.2. The Morgan fingerprint density at radius 1 is 1.42 bits per heavy atom. The number of nitrogen functional groups attached to an aromatic ring is 1. The minimum absolute atomic E-state index is 0.0202. The second-order valence-electron chi connectivity index (χ2n) is 9.59. The van der Waals surface area contributed by atoms with E-state index in [9.17, 15) is 9.90 Å². The normalized spacial score (nSPS) is 28.1. The SMILES string of the molecule is CC(C)(C)[Si](C)(C)OC[C@H]1O[C@@H](n2cnc3c(=O)[nH]c(N)nc32)[C@H](O)[C@@H]1OP1(=S)SCCS1. The number of imidazole rings is 1.